The van der Waals surface area contributed by atoms with E-state index in [1.807, 2.05) is 0 Å². The molecule has 1 N–H and O–H groups in total. The molecule has 19 heavy (non-hydrogen) atoms. The second-order valence-corrected chi connectivity index (χ2v) is 4.24. The summed E-state index contributed by atoms with van der Waals surface area (Å²) in [5.41, 5.74) is 0. The molecular formula is C11H18O8. The van der Waals surface area contributed by atoms with Crippen molar-refractivity contribution in [2.75, 3.05) is 21.3 Å². The molecule has 8 heteroatoms. The van der Waals surface area contributed by atoms with Gasteiger partial charge in [0.2, 0.25) is 11.6 Å². The smallest absolute Gasteiger partial charge is 0.338 e. The van der Waals surface area contributed by atoms with Crippen molar-refractivity contribution in [3.8, 4) is 0 Å². The molecule has 1 fully saturated rings. The summed E-state index contributed by atoms with van der Waals surface area (Å²) in [5, 5.41) is 9.11. The number of carbonyl (C=O) groups is 2. The van der Waals surface area contributed by atoms with Crippen LogP contribution in [0, 0.1) is 0 Å². The first-order chi connectivity index (χ1) is 8.74. The molecule has 0 spiro atoms. The summed E-state index contributed by atoms with van der Waals surface area (Å²) < 4.78 is 25.6. The van der Waals surface area contributed by atoms with Crippen LogP contribution < -0.4 is 0 Å². The number of carboxylic acids is 1. The number of rotatable bonds is 4. The summed E-state index contributed by atoms with van der Waals surface area (Å²) in [6, 6.07) is 0. The molecule has 0 saturated carbocycles. The number of ether oxygens (including phenoxy) is 5. The van der Waals surface area contributed by atoms with Crippen LogP contribution in [0.15, 0.2) is 0 Å². The Hall–Kier alpha value is -1.22. The molecule has 1 saturated heterocycles. The largest absolute Gasteiger partial charge is 0.479 e. The first-order valence-electron chi connectivity index (χ1n) is 5.51. The van der Waals surface area contributed by atoms with E-state index in [9.17, 15) is 9.59 Å². The van der Waals surface area contributed by atoms with Gasteiger partial charge in [0.1, 0.15) is 0 Å². The van der Waals surface area contributed by atoms with Crippen LogP contribution in [0.5, 0.6) is 0 Å². The molecule has 4 atom stereocenters. The number of aliphatic carboxylic acids is 1. The average molecular weight is 278 g/mol. The SMILES string of the molecule is COC(=O)[C@H]1O[C@@](C)(OC)[C@](C)(OC)O[C@H]1C(=O)O. The van der Waals surface area contributed by atoms with Gasteiger partial charge in [-0.15, -0.1) is 0 Å². The van der Waals surface area contributed by atoms with Crippen molar-refractivity contribution in [3.63, 3.8) is 0 Å². The van der Waals surface area contributed by atoms with E-state index >= 15 is 0 Å². The molecule has 1 aliphatic heterocycles. The summed E-state index contributed by atoms with van der Waals surface area (Å²) in [5.74, 6) is -5.19. The molecule has 0 radical (unpaired) electrons. The highest BCUT2D eigenvalue weighted by Crippen LogP contribution is 2.39. The van der Waals surface area contributed by atoms with E-state index in [1.54, 1.807) is 0 Å². The molecule has 110 valence electrons. The lowest BCUT2D eigenvalue weighted by Gasteiger charge is -2.50. The van der Waals surface area contributed by atoms with Gasteiger partial charge in [-0.2, -0.15) is 0 Å². The molecule has 8 nitrogen and oxygen atoms in total. The maximum absolute atomic E-state index is 11.6. The summed E-state index contributed by atoms with van der Waals surface area (Å²) in [7, 11) is 3.77. The van der Waals surface area contributed by atoms with Crippen molar-refractivity contribution < 1.29 is 38.4 Å². The quantitative estimate of drug-likeness (QED) is 0.703. The molecule has 0 aromatic carbocycles. The molecule has 0 unspecified atom stereocenters. The van der Waals surface area contributed by atoms with Gasteiger partial charge in [-0.05, 0) is 13.8 Å². The molecule has 1 rings (SSSR count). The minimum atomic E-state index is -1.55. The average Bonchev–Trinajstić information content (AvgIpc) is 2.40. The van der Waals surface area contributed by atoms with Crippen LogP contribution in [0.2, 0.25) is 0 Å². The van der Waals surface area contributed by atoms with Gasteiger partial charge in [-0.25, -0.2) is 9.59 Å². The van der Waals surface area contributed by atoms with E-state index in [-0.39, 0.29) is 0 Å². The van der Waals surface area contributed by atoms with Crippen molar-refractivity contribution in [2.45, 2.75) is 37.6 Å². The van der Waals surface area contributed by atoms with Crippen LogP contribution >= 0.6 is 0 Å². The Morgan fingerprint density at radius 3 is 1.74 bits per heavy atom. The molecule has 1 aliphatic rings. The Kier molecular flexibility index (Phi) is 4.51. The monoisotopic (exact) mass is 278 g/mol. The first-order valence-corrected chi connectivity index (χ1v) is 5.51. The third-order valence-electron chi connectivity index (χ3n) is 3.26. The molecular weight excluding hydrogens is 260 g/mol. The van der Waals surface area contributed by atoms with Crippen molar-refractivity contribution in [2.24, 2.45) is 0 Å². The van der Waals surface area contributed by atoms with Crippen LogP contribution in [0.3, 0.4) is 0 Å². The van der Waals surface area contributed by atoms with Gasteiger partial charge >= 0.3 is 11.9 Å². The van der Waals surface area contributed by atoms with Crippen molar-refractivity contribution in [3.05, 3.63) is 0 Å². The Labute approximate surface area is 110 Å². The van der Waals surface area contributed by atoms with Gasteiger partial charge in [0.15, 0.2) is 12.2 Å². The lowest BCUT2D eigenvalue weighted by atomic mass is 10.0. The highest BCUT2D eigenvalue weighted by atomic mass is 16.8. The fraction of sp³-hybridized carbons (Fsp3) is 0.818. The first kappa shape index (κ1) is 15.8. The number of carboxylic acid groups (broad SMARTS) is 1. The topological polar surface area (TPSA) is 101 Å². The number of methoxy groups -OCH3 is 3. The van der Waals surface area contributed by atoms with E-state index < -0.39 is 35.7 Å². The zero-order valence-electron chi connectivity index (χ0n) is 11.5. The zero-order valence-corrected chi connectivity index (χ0v) is 11.5. The van der Waals surface area contributed by atoms with Gasteiger partial charge in [-0.1, -0.05) is 0 Å². The maximum atomic E-state index is 11.6. The van der Waals surface area contributed by atoms with Gasteiger partial charge in [-0.3, -0.25) is 0 Å². The molecule has 0 bridgehead atoms. The predicted octanol–water partition coefficient (Wildman–Crippen LogP) is -0.247. The van der Waals surface area contributed by atoms with E-state index in [0.717, 1.165) is 7.11 Å². The summed E-state index contributed by atoms with van der Waals surface area (Å²) in [6.45, 7) is 2.93. The van der Waals surface area contributed by atoms with Crippen molar-refractivity contribution >= 4 is 11.9 Å². The van der Waals surface area contributed by atoms with E-state index in [2.05, 4.69) is 4.74 Å². The van der Waals surface area contributed by atoms with Crippen molar-refractivity contribution in [1.82, 2.24) is 0 Å². The predicted molar refractivity (Wildman–Crippen MR) is 60.2 cm³/mol. The Morgan fingerprint density at radius 2 is 1.42 bits per heavy atom. The van der Waals surface area contributed by atoms with Crippen LogP contribution in [0.4, 0.5) is 0 Å². The Morgan fingerprint density at radius 1 is 1.00 bits per heavy atom. The maximum Gasteiger partial charge on any atom is 0.338 e. The Balaban J connectivity index is 3.16. The zero-order chi connectivity index (χ0) is 14.8. The van der Waals surface area contributed by atoms with E-state index in [4.69, 9.17) is 24.1 Å². The summed E-state index contributed by atoms with van der Waals surface area (Å²) >= 11 is 0. The fourth-order valence-corrected chi connectivity index (χ4v) is 1.76. The Bertz CT molecular complexity index is 370. The van der Waals surface area contributed by atoms with Crippen LogP contribution in [0.25, 0.3) is 0 Å². The lowest BCUT2D eigenvalue weighted by molar-refractivity contribution is -0.439. The summed E-state index contributed by atoms with van der Waals surface area (Å²) in [6.07, 6.45) is -3.00. The molecule has 0 aromatic rings. The number of esters is 1. The minimum Gasteiger partial charge on any atom is -0.479 e. The fourth-order valence-electron chi connectivity index (χ4n) is 1.76. The van der Waals surface area contributed by atoms with Crippen molar-refractivity contribution in [1.29, 1.82) is 0 Å². The molecule has 0 aliphatic carbocycles. The summed E-state index contributed by atoms with van der Waals surface area (Å²) in [4.78, 5) is 22.8. The van der Waals surface area contributed by atoms with Gasteiger partial charge in [0.25, 0.3) is 0 Å². The number of carbonyl (C=O) groups excluding carboxylic acids is 1. The van der Waals surface area contributed by atoms with Crippen LogP contribution in [-0.2, 0) is 33.3 Å². The molecule has 0 amide bonds. The van der Waals surface area contributed by atoms with Crippen LogP contribution in [0.1, 0.15) is 13.8 Å². The number of hydrogen-bond donors (Lipinski definition) is 1. The van der Waals surface area contributed by atoms with Gasteiger partial charge in [0.05, 0.1) is 7.11 Å². The number of hydrogen-bond acceptors (Lipinski definition) is 7. The third kappa shape index (κ3) is 2.57. The minimum absolute atomic E-state index is 0.867. The van der Waals surface area contributed by atoms with E-state index in [0.29, 0.717) is 0 Å². The third-order valence-corrected chi connectivity index (χ3v) is 3.26. The van der Waals surface area contributed by atoms with E-state index in [1.165, 1.54) is 28.1 Å². The second-order valence-electron chi connectivity index (χ2n) is 4.24. The highest BCUT2D eigenvalue weighted by molar-refractivity contribution is 5.85. The highest BCUT2D eigenvalue weighted by Gasteiger charge is 2.60. The van der Waals surface area contributed by atoms with Gasteiger partial charge < -0.3 is 28.8 Å². The van der Waals surface area contributed by atoms with Crippen LogP contribution in [-0.4, -0.2) is 62.2 Å². The van der Waals surface area contributed by atoms with Gasteiger partial charge in [0, 0.05) is 14.2 Å². The second kappa shape index (κ2) is 5.41. The normalized spacial score (nSPS) is 38.8. The molecule has 1 heterocycles. The standard InChI is InChI=1S/C11H18O8/c1-10(16-4)11(2,17-5)19-7(9(14)15-3)6(18-10)8(12)13/h6-7H,1-5H3,(H,12,13)/t6-,7+,10-,11-/m1/s1. The lowest BCUT2D eigenvalue weighted by Crippen LogP contribution is -2.68. The molecule has 0 aromatic heterocycles.